The molecule has 2 heterocycles. The fraction of sp³-hybridized carbons (Fsp3) is 0.276. The second-order valence-corrected chi connectivity index (χ2v) is 11.6. The number of carbonyl (C=O) groups excluding carboxylic acids is 1. The number of fused-ring (bicyclic) bond motifs is 1. The number of rotatable bonds is 9. The van der Waals surface area contributed by atoms with Crippen LogP contribution < -0.4 is 14.4 Å². The molecule has 0 saturated heterocycles. The van der Waals surface area contributed by atoms with E-state index in [1.807, 2.05) is 50.2 Å². The molecule has 1 aliphatic rings. The lowest BCUT2D eigenvalue weighted by atomic mass is 10.0. The maximum absolute atomic E-state index is 13.3. The van der Waals surface area contributed by atoms with Crippen molar-refractivity contribution in [3.63, 3.8) is 0 Å². The topological polar surface area (TPSA) is 115 Å². The molecule has 1 aromatic heterocycles. The van der Waals surface area contributed by atoms with Gasteiger partial charge in [-0.1, -0.05) is 49.3 Å². The first-order valence-electron chi connectivity index (χ1n) is 12.8. The van der Waals surface area contributed by atoms with Crippen LogP contribution >= 0.6 is 0 Å². The van der Waals surface area contributed by atoms with Crippen LogP contribution in [-0.4, -0.2) is 37.6 Å². The minimum Gasteiger partial charge on any atom is -0.484 e. The Kier molecular flexibility index (Phi) is 7.65. The van der Waals surface area contributed by atoms with Crippen molar-refractivity contribution >= 4 is 27.3 Å². The summed E-state index contributed by atoms with van der Waals surface area (Å²) in [5.74, 6) is 1.47. The first-order chi connectivity index (χ1) is 18.8. The van der Waals surface area contributed by atoms with E-state index in [-0.39, 0.29) is 23.3 Å². The van der Waals surface area contributed by atoms with Gasteiger partial charge in [0.25, 0.3) is 15.9 Å². The molecule has 5 rings (SSSR count). The van der Waals surface area contributed by atoms with Gasteiger partial charge >= 0.3 is 0 Å². The lowest BCUT2D eigenvalue weighted by Gasteiger charge is -2.30. The van der Waals surface area contributed by atoms with E-state index in [1.165, 1.54) is 16.4 Å². The third-order valence-corrected chi connectivity index (χ3v) is 8.25. The molecular formula is C29H30N4O5S. The molecule has 1 N–H and O–H groups in total. The normalized spacial score (nSPS) is 13.3. The van der Waals surface area contributed by atoms with E-state index < -0.39 is 10.0 Å². The largest absolute Gasteiger partial charge is 0.484 e. The lowest BCUT2D eigenvalue weighted by molar-refractivity contribution is -0.118. The maximum Gasteiger partial charge on any atom is 0.264 e. The number of benzene rings is 3. The Hall–Kier alpha value is -4.18. The molecule has 39 heavy (non-hydrogen) atoms. The molecule has 0 aliphatic carbocycles. The summed E-state index contributed by atoms with van der Waals surface area (Å²) in [7, 11) is -3.71. The van der Waals surface area contributed by atoms with Crippen molar-refractivity contribution in [2.75, 3.05) is 22.8 Å². The highest BCUT2D eigenvalue weighted by atomic mass is 32.2. The number of nitrogens with zero attached hydrogens (tertiary/aromatic N) is 3. The molecule has 0 atom stereocenters. The van der Waals surface area contributed by atoms with Crippen molar-refractivity contribution in [1.29, 1.82) is 0 Å². The molecule has 9 nitrogen and oxygen atoms in total. The summed E-state index contributed by atoms with van der Waals surface area (Å²) in [5.41, 5.74) is 3.37. The van der Waals surface area contributed by atoms with Gasteiger partial charge in [0.15, 0.2) is 12.4 Å². The Bertz CT molecular complexity index is 1550. The summed E-state index contributed by atoms with van der Waals surface area (Å²) in [6, 6.07) is 21.1. The Balaban J connectivity index is 1.14. The number of ether oxygens (including phenoxy) is 1. The van der Waals surface area contributed by atoms with Crippen molar-refractivity contribution in [2.45, 2.75) is 43.9 Å². The highest BCUT2D eigenvalue weighted by Gasteiger charge is 2.28. The number of anilines is 2. The van der Waals surface area contributed by atoms with E-state index in [4.69, 9.17) is 9.26 Å². The molecule has 3 aromatic carbocycles. The zero-order chi connectivity index (χ0) is 27.4. The van der Waals surface area contributed by atoms with E-state index in [0.29, 0.717) is 36.1 Å². The second kappa shape index (κ2) is 11.3. The Morgan fingerprint density at radius 1 is 1.05 bits per heavy atom. The van der Waals surface area contributed by atoms with Crippen LogP contribution in [0.25, 0.3) is 0 Å². The van der Waals surface area contributed by atoms with Gasteiger partial charge < -0.3 is 14.6 Å². The van der Waals surface area contributed by atoms with E-state index >= 15 is 0 Å². The van der Waals surface area contributed by atoms with Gasteiger partial charge in [-0.05, 0) is 66.4 Å². The minimum atomic E-state index is -3.71. The highest BCUT2D eigenvalue weighted by molar-refractivity contribution is 7.92. The first-order valence-corrected chi connectivity index (χ1v) is 14.3. The van der Waals surface area contributed by atoms with Crippen molar-refractivity contribution in [3.8, 4) is 5.75 Å². The van der Waals surface area contributed by atoms with Gasteiger partial charge in [0, 0.05) is 24.6 Å². The summed E-state index contributed by atoms with van der Waals surface area (Å²) >= 11 is 0. The van der Waals surface area contributed by atoms with E-state index in [1.54, 1.807) is 24.3 Å². The number of hydrogen-bond acceptors (Lipinski definition) is 7. The molecule has 0 bridgehead atoms. The second-order valence-electron chi connectivity index (χ2n) is 9.69. The molecule has 0 radical (unpaired) electrons. The SMILES string of the molecule is CC(C)c1nc(Cc2ccc(NC(=O)COc3ccc(S(=O)(=O)N4CCCc5ccccc54)cc3)cc2)no1. The van der Waals surface area contributed by atoms with Crippen LogP contribution in [0.1, 0.15) is 49.0 Å². The van der Waals surface area contributed by atoms with Crippen LogP contribution in [0.4, 0.5) is 11.4 Å². The third kappa shape index (κ3) is 6.12. The number of carbonyl (C=O) groups is 1. The predicted molar refractivity (Wildman–Crippen MR) is 147 cm³/mol. The van der Waals surface area contributed by atoms with Gasteiger partial charge in [-0.2, -0.15) is 4.98 Å². The molecule has 202 valence electrons. The quantitative estimate of drug-likeness (QED) is 0.316. The Morgan fingerprint density at radius 2 is 1.79 bits per heavy atom. The van der Waals surface area contributed by atoms with Gasteiger partial charge in [-0.15, -0.1) is 0 Å². The van der Waals surface area contributed by atoms with Crippen LogP contribution in [0, 0.1) is 0 Å². The van der Waals surface area contributed by atoms with Crippen molar-refractivity contribution in [2.24, 2.45) is 0 Å². The monoisotopic (exact) mass is 546 g/mol. The summed E-state index contributed by atoms with van der Waals surface area (Å²) in [6.45, 7) is 4.21. The van der Waals surface area contributed by atoms with Gasteiger partial charge in [0.05, 0.1) is 10.6 Å². The molecule has 1 amide bonds. The molecule has 1 aliphatic heterocycles. The number of nitrogens with one attached hydrogen (secondary N) is 1. The van der Waals surface area contributed by atoms with Gasteiger partial charge in [0.2, 0.25) is 5.89 Å². The molecule has 4 aromatic rings. The van der Waals surface area contributed by atoms with Crippen LogP contribution in [0.3, 0.4) is 0 Å². The zero-order valence-electron chi connectivity index (χ0n) is 21.8. The number of hydrogen-bond donors (Lipinski definition) is 1. The fourth-order valence-corrected chi connectivity index (χ4v) is 5.93. The van der Waals surface area contributed by atoms with Crippen LogP contribution in [0.5, 0.6) is 5.75 Å². The van der Waals surface area contributed by atoms with E-state index in [9.17, 15) is 13.2 Å². The summed E-state index contributed by atoms with van der Waals surface area (Å²) in [6.07, 6.45) is 2.16. The summed E-state index contributed by atoms with van der Waals surface area (Å²) in [5, 5.41) is 6.79. The molecule has 0 saturated carbocycles. The minimum absolute atomic E-state index is 0.176. The number of sulfonamides is 1. The predicted octanol–water partition coefficient (Wildman–Crippen LogP) is 4.94. The van der Waals surface area contributed by atoms with Crippen LogP contribution in [-0.2, 0) is 27.7 Å². The average Bonchev–Trinajstić information content (AvgIpc) is 3.42. The van der Waals surface area contributed by atoms with Crippen molar-refractivity contribution < 1.29 is 22.5 Å². The smallest absolute Gasteiger partial charge is 0.264 e. The van der Waals surface area contributed by atoms with E-state index in [0.717, 1.165) is 29.7 Å². The zero-order valence-corrected chi connectivity index (χ0v) is 22.6. The summed E-state index contributed by atoms with van der Waals surface area (Å²) in [4.78, 5) is 17.0. The van der Waals surface area contributed by atoms with Crippen molar-refractivity contribution in [1.82, 2.24) is 10.1 Å². The maximum atomic E-state index is 13.3. The fourth-order valence-electron chi connectivity index (χ4n) is 4.39. The molecule has 10 heteroatoms. The summed E-state index contributed by atoms with van der Waals surface area (Å²) < 4.78 is 38.9. The number of amides is 1. The van der Waals surface area contributed by atoms with Gasteiger partial charge in [-0.3, -0.25) is 9.10 Å². The average molecular weight is 547 g/mol. The van der Waals surface area contributed by atoms with E-state index in [2.05, 4.69) is 15.5 Å². The first kappa shape index (κ1) is 26.4. The lowest BCUT2D eigenvalue weighted by Crippen LogP contribution is -2.35. The van der Waals surface area contributed by atoms with Crippen LogP contribution in [0.15, 0.2) is 82.2 Å². The highest BCUT2D eigenvalue weighted by Crippen LogP contribution is 2.32. The molecular weight excluding hydrogens is 516 g/mol. The Morgan fingerprint density at radius 3 is 2.51 bits per heavy atom. The van der Waals surface area contributed by atoms with Crippen LogP contribution in [0.2, 0.25) is 0 Å². The third-order valence-electron chi connectivity index (χ3n) is 6.43. The van der Waals surface area contributed by atoms with Gasteiger partial charge in [-0.25, -0.2) is 8.42 Å². The molecule has 0 spiro atoms. The Labute approximate surface area is 227 Å². The number of para-hydroxylation sites is 1. The number of aromatic nitrogens is 2. The van der Waals surface area contributed by atoms with Crippen molar-refractivity contribution in [3.05, 3.63) is 95.6 Å². The number of aryl methyl sites for hydroxylation is 1. The molecule has 0 fully saturated rings. The van der Waals surface area contributed by atoms with Gasteiger partial charge in [0.1, 0.15) is 5.75 Å². The standard InChI is InChI=1S/C29H30N4O5S/c1-20(2)29-31-27(32-38-29)18-21-9-11-23(12-10-21)30-28(34)19-37-24-13-15-25(16-14-24)39(35,36)33-17-5-7-22-6-3-4-8-26(22)33/h3-4,6,8-16,20H,5,7,17-19H2,1-2H3,(H,30,34). The molecule has 0 unspecified atom stereocenters.